The van der Waals surface area contributed by atoms with Crippen LogP contribution in [-0.4, -0.2) is 19.8 Å². The van der Waals surface area contributed by atoms with Gasteiger partial charge in [-0.15, -0.1) is 0 Å². The fraction of sp³-hybridized carbons (Fsp3) is 0.467. The van der Waals surface area contributed by atoms with Gasteiger partial charge in [-0.2, -0.15) is 0 Å². The van der Waals surface area contributed by atoms with E-state index in [1.54, 1.807) is 0 Å². The Labute approximate surface area is 109 Å². The molecule has 3 heteroatoms. The second kappa shape index (κ2) is 5.91. The van der Waals surface area contributed by atoms with E-state index in [1.165, 1.54) is 11.1 Å². The summed E-state index contributed by atoms with van der Waals surface area (Å²) in [4.78, 5) is 0. The second-order valence-electron chi connectivity index (χ2n) is 4.74. The van der Waals surface area contributed by atoms with Crippen LogP contribution in [0.2, 0.25) is 0 Å². The Morgan fingerprint density at radius 3 is 2.78 bits per heavy atom. The molecule has 2 rings (SSSR count). The van der Waals surface area contributed by atoms with Crippen LogP contribution < -0.4 is 15.2 Å². The molecule has 0 fully saturated rings. The molecule has 1 heterocycles. The minimum Gasteiger partial charge on any atom is -0.490 e. The lowest BCUT2D eigenvalue weighted by molar-refractivity contribution is 0.296. The molecule has 1 aromatic rings. The number of nitrogens with two attached hydrogens (primary N) is 1. The first kappa shape index (κ1) is 13.0. The van der Waals surface area contributed by atoms with Crippen LogP contribution in [0.15, 0.2) is 18.2 Å². The Morgan fingerprint density at radius 1 is 1.28 bits per heavy atom. The standard InChI is InChI=1S/C15H21NO2/c1-11(2)14-12(5-3-8-16)6-7-13-15(14)18-10-4-9-17-13/h3,5-7,11H,4,8-10,16H2,1-2H3/b5-3+. The molecule has 0 aromatic heterocycles. The summed E-state index contributed by atoms with van der Waals surface area (Å²) in [5.74, 6) is 2.15. The fourth-order valence-corrected chi connectivity index (χ4v) is 2.21. The van der Waals surface area contributed by atoms with Crippen LogP contribution in [0.4, 0.5) is 0 Å². The van der Waals surface area contributed by atoms with E-state index in [0.29, 0.717) is 12.5 Å². The van der Waals surface area contributed by atoms with Gasteiger partial charge in [0.25, 0.3) is 0 Å². The topological polar surface area (TPSA) is 44.5 Å². The van der Waals surface area contributed by atoms with E-state index in [0.717, 1.165) is 31.1 Å². The van der Waals surface area contributed by atoms with Crippen molar-refractivity contribution < 1.29 is 9.47 Å². The maximum atomic E-state index is 5.87. The lowest BCUT2D eigenvalue weighted by Gasteiger charge is -2.17. The van der Waals surface area contributed by atoms with Gasteiger partial charge >= 0.3 is 0 Å². The van der Waals surface area contributed by atoms with Crippen molar-refractivity contribution in [1.82, 2.24) is 0 Å². The molecule has 0 aliphatic carbocycles. The van der Waals surface area contributed by atoms with Crippen molar-refractivity contribution in [1.29, 1.82) is 0 Å². The molecule has 0 atom stereocenters. The van der Waals surface area contributed by atoms with E-state index in [9.17, 15) is 0 Å². The van der Waals surface area contributed by atoms with Crippen molar-refractivity contribution >= 4 is 6.08 Å². The summed E-state index contributed by atoms with van der Waals surface area (Å²) in [6.07, 6.45) is 4.95. The summed E-state index contributed by atoms with van der Waals surface area (Å²) in [7, 11) is 0. The molecule has 1 aromatic carbocycles. The Bertz CT molecular complexity index is 438. The first-order valence-corrected chi connectivity index (χ1v) is 6.53. The molecule has 1 aliphatic rings. The van der Waals surface area contributed by atoms with Gasteiger partial charge in [-0.25, -0.2) is 0 Å². The average molecular weight is 247 g/mol. The van der Waals surface area contributed by atoms with E-state index in [4.69, 9.17) is 15.2 Å². The van der Waals surface area contributed by atoms with Gasteiger partial charge in [0.05, 0.1) is 13.2 Å². The van der Waals surface area contributed by atoms with Crippen molar-refractivity contribution in [3.05, 3.63) is 29.3 Å². The molecule has 2 N–H and O–H groups in total. The molecule has 3 nitrogen and oxygen atoms in total. The van der Waals surface area contributed by atoms with Crippen molar-refractivity contribution in [2.24, 2.45) is 5.73 Å². The molecule has 0 saturated carbocycles. The first-order valence-electron chi connectivity index (χ1n) is 6.53. The van der Waals surface area contributed by atoms with Gasteiger partial charge in [-0.05, 0) is 17.5 Å². The number of hydrogen-bond donors (Lipinski definition) is 1. The van der Waals surface area contributed by atoms with Crippen LogP contribution >= 0.6 is 0 Å². The maximum Gasteiger partial charge on any atom is 0.165 e. The van der Waals surface area contributed by atoms with Crippen LogP contribution in [0.3, 0.4) is 0 Å². The lowest BCUT2D eigenvalue weighted by atomic mass is 9.95. The van der Waals surface area contributed by atoms with Gasteiger partial charge in [-0.1, -0.05) is 32.1 Å². The molecular formula is C15H21NO2. The van der Waals surface area contributed by atoms with Crippen LogP contribution in [-0.2, 0) is 0 Å². The molecular weight excluding hydrogens is 226 g/mol. The normalized spacial score (nSPS) is 15.1. The average Bonchev–Trinajstić information content (AvgIpc) is 2.60. The Morgan fingerprint density at radius 2 is 2.06 bits per heavy atom. The van der Waals surface area contributed by atoms with Gasteiger partial charge in [0.15, 0.2) is 11.5 Å². The predicted octanol–water partition coefficient (Wildman–Crippen LogP) is 2.94. The summed E-state index contributed by atoms with van der Waals surface area (Å²) in [5.41, 5.74) is 7.90. The number of fused-ring (bicyclic) bond motifs is 1. The van der Waals surface area contributed by atoms with Gasteiger partial charge in [0, 0.05) is 18.5 Å². The molecule has 1 aliphatic heterocycles. The van der Waals surface area contributed by atoms with Crippen molar-refractivity contribution in [2.45, 2.75) is 26.2 Å². The third-order valence-corrected chi connectivity index (χ3v) is 3.00. The highest BCUT2D eigenvalue weighted by molar-refractivity contribution is 5.63. The third-order valence-electron chi connectivity index (χ3n) is 3.00. The molecule has 98 valence electrons. The van der Waals surface area contributed by atoms with Crippen LogP contribution in [0.5, 0.6) is 11.5 Å². The monoisotopic (exact) mass is 247 g/mol. The third kappa shape index (κ3) is 2.67. The molecule has 0 unspecified atom stereocenters. The molecule has 0 bridgehead atoms. The van der Waals surface area contributed by atoms with Gasteiger partial charge in [0.2, 0.25) is 0 Å². The molecule has 0 spiro atoms. The number of benzene rings is 1. The van der Waals surface area contributed by atoms with E-state index >= 15 is 0 Å². The SMILES string of the molecule is CC(C)c1c(/C=C/CN)ccc2c1OCCCO2. The van der Waals surface area contributed by atoms with Crippen LogP contribution in [0.1, 0.15) is 37.3 Å². The largest absolute Gasteiger partial charge is 0.490 e. The van der Waals surface area contributed by atoms with Gasteiger partial charge in [-0.3, -0.25) is 0 Å². The Hall–Kier alpha value is -1.48. The minimum atomic E-state index is 0.388. The smallest absolute Gasteiger partial charge is 0.165 e. The predicted molar refractivity (Wildman–Crippen MR) is 74.2 cm³/mol. The second-order valence-corrected chi connectivity index (χ2v) is 4.74. The molecule has 0 saturated heterocycles. The molecule has 18 heavy (non-hydrogen) atoms. The molecule has 0 radical (unpaired) electrons. The van der Waals surface area contributed by atoms with E-state index in [-0.39, 0.29) is 0 Å². The zero-order valence-corrected chi connectivity index (χ0v) is 11.1. The van der Waals surface area contributed by atoms with Gasteiger partial charge < -0.3 is 15.2 Å². The maximum absolute atomic E-state index is 5.87. The summed E-state index contributed by atoms with van der Waals surface area (Å²) in [6, 6.07) is 4.07. The summed E-state index contributed by atoms with van der Waals surface area (Å²) in [6.45, 7) is 6.33. The lowest BCUT2D eigenvalue weighted by Crippen LogP contribution is -2.02. The van der Waals surface area contributed by atoms with Crippen LogP contribution in [0.25, 0.3) is 6.08 Å². The quantitative estimate of drug-likeness (QED) is 0.893. The zero-order valence-electron chi connectivity index (χ0n) is 11.1. The summed E-state index contributed by atoms with van der Waals surface area (Å²) >= 11 is 0. The highest BCUT2D eigenvalue weighted by atomic mass is 16.5. The zero-order chi connectivity index (χ0) is 13.0. The molecule has 0 amide bonds. The highest BCUT2D eigenvalue weighted by Crippen LogP contribution is 2.40. The highest BCUT2D eigenvalue weighted by Gasteiger charge is 2.19. The Balaban J connectivity index is 2.49. The fourth-order valence-electron chi connectivity index (χ4n) is 2.21. The van der Waals surface area contributed by atoms with E-state index in [2.05, 4.69) is 26.0 Å². The first-order chi connectivity index (χ1) is 8.74. The number of ether oxygens (including phenoxy) is 2. The summed E-state index contributed by atoms with van der Waals surface area (Å²) < 4.78 is 11.6. The van der Waals surface area contributed by atoms with Crippen molar-refractivity contribution in [3.63, 3.8) is 0 Å². The minimum absolute atomic E-state index is 0.388. The van der Waals surface area contributed by atoms with Crippen molar-refractivity contribution in [2.75, 3.05) is 19.8 Å². The number of hydrogen-bond acceptors (Lipinski definition) is 3. The van der Waals surface area contributed by atoms with Crippen molar-refractivity contribution in [3.8, 4) is 11.5 Å². The van der Waals surface area contributed by atoms with E-state index in [1.807, 2.05) is 12.1 Å². The van der Waals surface area contributed by atoms with Crippen LogP contribution in [0, 0.1) is 0 Å². The summed E-state index contributed by atoms with van der Waals surface area (Å²) in [5, 5.41) is 0. The number of rotatable bonds is 3. The van der Waals surface area contributed by atoms with Gasteiger partial charge in [0.1, 0.15) is 0 Å². The van der Waals surface area contributed by atoms with E-state index < -0.39 is 0 Å². The Kier molecular flexibility index (Phi) is 4.26.